The minimum Gasteiger partial charge on any atom is -0.465 e. The largest absolute Gasteiger partial charge is 0.465 e. The normalized spacial score (nSPS) is 12.2. The molecular formula is C11H21N3O5. The number of rotatable bonds is 5. The van der Waals surface area contributed by atoms with E-state index in [0.717, 1.165) is 0 Å². The van der Waals surface area contributed by atoms with Crippen LogP contribution in [-0.2, 0) is 9.53 Å². The summed E-state index contributed by atoms with van der Waals surface area (Å²) in [6, 6.07) is -0.848. The third kappa shape index (κ3) is 9.69. The molecule has 0 aliphatic heterocycles. The smallest absolute Gasteiger partial charge is 0.407 e. The van der Waals surface area contributed by atoms with E-state index < -0.39 is 29.7 Å². The fourth-order valence-electron chi connectivity index (χ4n) is 1.07. The molecule has 0 saturated carbocycles. The Morgan fingerprint density at radius 2 is 1.68 bits per heavy atom. The molecule has 0 aliphatic rings. The van der Waals surface area contributed by atoms with E-state index in [-0.39, 0.29) is 13.1 Å². The summed E-state index contributed by atoms with van der Waals surface area (Å²) in [6.45, 7) is 7.03. The zero-order valence-corrected chi connectivity index (χ0v) is 11.6. The van der Waals surface area contributed by atoms with E-state index in [2.05, 4.69) is 10.6 Å². The average molecular weight is 275 g/mol. The number of alkyl carbamates (subject to hydrolysis) is 1. The minimum absolute atomic E-state index is 0.184. The van der Waals surface area contributed by atoms with Crippen molar-refractivity contribution in [2.45, 2.75) is 39.3 Å². The van der Waals surface area contributed by atoms with Crippen LogP contribution in [0.2, 0.25) is 0 Å². The zero-order chi connectivity index (χ0) is 15.1. The molecular weight excluding hydrogens is 254 g/mol. The first kappa shape index (κ1) is 17.0. The average Bonchev–Trinajstić information content (AvgIpc) is 2.20. The Labute approximate surface area is 111 Å². The molecule has 19 heavy (non-hydrogen) atoms. The lowest BCUT2D eigenvalue weighted by Crippen LogP contribution is -2.46. The standard InChI is InChI=1S/C11H21N3O5/c1-7(14-9(16)17)8(15)12-5-6-13-10(18)19-11(2,3)4/h7,14H,5-6H2,1-4H3,(H,12,15)(H,13,18)(H,16,17). The predicted molar refractivity (Wildman–Crippen MR) is 67.9 cm³/mol. The van der Waals surface area contributed by atoms with Crippen LogP contribution in [0.1, 0.15) is 27.7 Å². The number of carboxylic acid groups (broad SMARTS) is 1. The van der Waals surface area contributed by atoms with Gasteiger partial charge in [0.05, 0.1) is 0 Å². The first-order chi connectivity index (χ1) is 8.61. The maximum Gasteiger partial charge on any atom is 0.407 e. The Morgan fingerprint density at radius 1 is 1.16 bits per heavy atom. The SMILES string of the molecule is CC(NC(=O)O)C(=O)NCCNC(=O)OC(C)(C)C. The molecule has 0 aromatic carbocycles. The monoisotopic (exact) mass is 275 g/mol. The van der Waals surface area contributed by atoms with Gasteiger partial charge < -0.3 is 25.8 Å². The van der Waals surface area contributed by atoms with Gasteiger partial charge in [0.2, 0.25) is 5.91 Å². The molecule has 0 heterocycles. The van der Waals surface area contributed by atoms with Gasteiger partial charge in [0.1, 0.15) is 11.6 Å². The maximum absolute atomic E-state index is 11.4. The van der Waals surface area contributed by atoms with Crippen LogP contribution in [0.4, 0.5) is 9.59 Å². The van der Waals surface area contributed by atoms with Crippen molar-refractivity contribution >= 4 is 18.1 Å². The van der Waals surface area contributed by atoms with E-state index in [4.69, 9.17) is 9.84 Å². The van der Waals surface area contributed by atoms with E-state index in [9.17, 15) is 14.4 Å². The van der Waals surface area contributed by atoms with Gasteiger partial charge in [-0.2, -0.15) is 0 Å². The summed E-state index contributed by atoms with van der Waals surface area (Å²) in [7, 11) is 0. The molecule has 1 atom stereocenters. The third-order valence-corrected chi connectivity index (χ3v) is 1.83. The van der Waals surface area contributed by atoms with Gasteiger partial charge in [-0.05, 0) is 27.7 Å². The molecule has 0 fully saturated rings. The van der Waals surface area contributed by atoms with Crippen LogP contribution >= 0.6 is 0 Å². The topological polar surface area (TPSA) is 117 Å². The molecule has 8 nitrogen and oxygen atoms in total. The molecule has 110 valence electrons. The van der Waals surface area contributed by atoms with Crippen LogP contribution in [0.15, 0.2) is 0 Å². The summed E-state index contributed by atoms with van der Waals surface area (Å²) in [5.41, 5.74) is -0.576. The number of hydrogen-bond donors (Lipinski definition) is 4. The second-order valence-corrected chi connectivity index (χ2v) is 4.89. The lowest BCUT2D eigenvalue weighted by atomic mass is 10.2. The fraction of sp³-hybridized carbons (Fsp3) is 0.727. The number of amides is 3. The predicted octanol–water partition coefficient (Wildman–Crippen LogP) is 0.283. The highest BCUT2D eigenvalue weighted by Gasteiger charge is 2.16. The molecule has 4 N–H and O–H groups in total. The Hall–Kier alpha value is -1.99. The summed E-state index contributed by atoms with van der Waals surface area (Å²) in [5.74, 6) is -0.464. The Bertz CT molecular complexity index is 338. The second kappa shape index (κ2) is 7.45. The zero-order valence-electron chi connectivity index (χ0n) is 11.6. The van der Waals surface area contributed by atoms with E-state index in [1.54, 1.807) is 20.8 Å². The summed E-state index contributed by atoms with van der Waals surface area (Å²) in [6.07, 6.45) is -1.84. The summed E-state index contributed by atoms with van der Waals surface area (Å²) in [4.78, 5) is 32.9. The van der Waals surface area contributed by atoms with Crippen molar-refractivity contribution in [2.24, 2.45) is 0 Å². The number of carbonyl (C=O) groups excluding carboxylic acids is 2. The Balaban J connectivity index is 3.77. The van der Waals surface area contributed by atoms with Crippen LogP contribution in [0.5, 0.6) is 0 Å². The molecule has 3 amide bonds. The fourth-order valence-corrected chi connectivity index (χ4v) is 1.07. The minimum atomic E-state index is -1.27. The van der Waals surface area contributed by atoms with Crippen LogP contribution in [-0.4, -0.2) is 47.9 Å². The van der Waals surface area contributed by atoms with Crippen LogP contribution in [0.3, 0.4) is 0 Å². The Kier molecular flexibility index (Phi) is 6.67. The second-order valence-electron chi connectivity index (χ2n) is 4.89. The number of ether oxygens (including phenoxy) is 1. The molecule has 0 aliphatic carbocycles. The third-order valence-electron chi connectivity index (χ3n) is 1.83. The van der Waals surface area contributed by atoms with Gasteiger partial charge in [0.15, 0.2) is 0 Å². The van der Waals surface area contributed by atoms with Crippen molar-refractivity contribution in [1.29, 1.82) is 0 Å². The quantitative estimate of drug-likeness (QED) is 0.538. The molecule has 8 heteroatoms. The van der Waals surface area contributed by atoms with Gasteiger partial charge >= 0.3 is 12.2 Å². The first-order valence-electron chi connectivity index (χ1n) is 5.86. The molecule has 1 unspecified atom stereocenters. The van der Waals surface area contributed by atoms with Gasteiger partial charge in [-0.1, -0.05) is 0 Å². The molecule has 0 aromatic rings. The van der Waals surface area contributed by atoms with Gasteiger partial charge in [0.25, 0.3) is 0 Å². The number of hydrogen-bond acceptors (Lipinski definition) is 4. The van der Waals surface area contributed by atoms with Crippen LogP contribution in [0.25, 0.3) is 0 Å². The van der Waals surface area contributed by atoms with Crippen molar-refractivity contribution in [3.8, 4) is 0 Å². The number of carbonyl (C=O) groups is 3. The van der Waals surface area contributed by atoms with Crippen LogP contribution in [0, 0.1) is 0 Å². The van der Waals surface area contributed by atoms with Crippen LogP contribution < -0.4 is 16.0 Å². The number of nitrogens with one attached hydrogen (secondary N) is 3. The van der Waals surface area contributed by atoms with Crippen molar-refractivity contribution in [1.82, 2.24) is 16.0 Å². The maximum atomic E-state index is 11.4. The molecule has 0 radical (unpaired) electrons. The highest BCUT2D eigenvalue weighted by molar-refractivity contribution is 5.84. The van der Waals surface area contributed by atoms with E-state index in [0.29, 0.717) is 0 Å². The van der Waals surface area contributed by atoms with E-state index >= 15 is 0 Å². The first-order valence-corrected chi connectivity index (χ1v) is 5.86. The molecule has 0 aromatic heterocycles. The highest BCUT2D eigenvalue weighted by Crippen LogP contribution is 2.05. The summed E-state index contributed by atoms with van der Waals surface area (Å²) in [5, 5.41) is 15.4. The van der Waals surface area contributed by atoms with E-state index in [1.165, 1.54) is 6.92 Å². The molecule has 0 rings (SSSR count). The summed E-state index contributed by atoms with van der Waals surface area (Å²) >= 11 is 0. The van der Waals surface area contributed by atoms with Crippen molar-refractivity contribution < 1.29 is 24.2 Å². The van der Waals surface area contributed by atoms with Crippen molar-refractivity contribution in [3.05, 3.63) is 0 Å². The molecule has 0 spiro atoms. The Morgan fingerprint density at radius 3 is 2.16 bits per heavy atom. The lowest BCUT2D eigenvalue weighted by Gasteiger charge is -2.19. The van der Waals surface area contributed by atoms with Crippen molar-refractivity contribution in [3.63, 3.8) is 0 Å². The van der Waals surface area contributed by atoms with Gasteiger partial charge in [-0.15, -0.1) is 0 Å². The van der Waals surface area contributed by atoms with Gasteiger partial charge in [-0.3, -0.25) is 4.79 Å². The van der Waals surface area contributed by atoms with Gasteiger partial charge in [0, 0.05) is 13.1 Å². The summed E-state index contributed by atoms with van der Waals surface area (Å²) < 4.78 is 4.99. The van der Waals surface area contributed by atoms with Gasteiger partial charge in [-0.25, -0.2) is 9.59 Å². The molecule has 0 saturated heterocycles. The van der Waals surface area contributed by atoms with E-state index in [1.807, 2.05) is 5.32 Å². The highest BCUT2D eigenvalue weighted by atomic mass is 16.6. The van der Waals surface area contributed by atoms with Crippen molar-refractivity contribution in [2.75, 3.05) is 13.1 Å². The molecule has 0 bridgehead atoms. The lowest BCUT2D eigenvalue weighted by molar-refractivity contribution is -0.122.